The van der Waals surface area contributed by atoms with Crippen LogP contribution in [0, 0.1) is 0 Å². The first-order valence-corrected chi connectivity index (χ1v) is 8.08. The third-order valence-electron chi connectivity index (χ3n) is 4.56. The number of aliphatic hydroxyl groups is 1. The Kier molecular flexibility index (Phi) is 3.68. The predicted octanol–water partition coefficient (Wildman–Crippen LogP) is 3.39. The molecule has 2 aliphatic rings. The highest BCUT2D eigenvalue weighted by atomic mass is 16.6. The number of ether oxygens (including phenoxy) is 1. The lowest BCUT2D eigenvalue weighted by Crippen LogP contribution is -2.62. The lowest BCUT2D eigenvalue weighted by atomic mass is 9.73. The molecular formula is C18H25NO3. The number of likely N-dealkylation sites (tertiary alicyclic amines) is 1. The molecule has 0 spiro atoms. The summed E-state index contributed by atoms with van der Waals surface area (Å²) in [6.07, 6.45) is 3.31. The lowest BCUT2D eigenvalue weighted by Gasteiger charge is -2.48. The molecule has 1 aliphatic carbocycles. The Morgan fingerprint density at radius 3 is 2.45 bits per heavy atom. The molecule has 1 N–H and O–H groups in total. The molecule has 1 saturated carbocycles. The van der Waals surface area contributed by atoms with Gasteiger partial charge in [0.2, 0.25) is 0 Å². The Morgan fingerprint density at radius 2 is 1.91 bits per heavy atom. The van der Waals surface area contributed by atoms with Gasteiger partial charge in [0.05, 0.1) is 13.1 Å². The number of carbonyl (C=O) groups excluding carboxylic acids is 1. The Bertz CT molecular complexity index is 566. The van der Waals surface area contributed by atoms with Gasteiger partial charge in [-0.05, 0) is 50.7 Å². The van der Waals surface area contributed by atoms with Crippen LogP contribution in [-0.2, 0) is 10.3 Å². The van der Waals surface area contributed by atoms with E-state index in [1.54, 1.807) is 4.90 Å². The molecule has 1 saturated heterocycles. The van der Waals surface area contributed by atoms with E-state index in [4.69, 9.17) is 4.74 Å². The molecule has 22 heavy (non-hydrogen) atoms. The zero-order valence-corrected chi connectivity index (χ0v) is 13.6. The maximum absolute atomic E-state index is 12.0. The smallest absolute Gasteiger partial charge is 0.410 e. The molecule has 4 nitrogen and oxygen atoms in total. The molecule has 1 aromatic carbocycles. The van der Waals surface area contributed by atoms with Crippen molar-refractivity contribution in [1.29, 1.82) is 0 Å². The van der Waals surface area contributed by atoms with Crippen molar-refractivity contribution < 1.29 is 14.6 Å². The van der Waals surface area contributed by atoms with Gasteiger partial charge in [-0.2, -0.15) is 0 Å². The molecule has 2 fully saturated rings. The van der Waals surface area contributed by atoms with Crippen molar-refractivity contribution in [3.8, 4) is 0 Å². The van der Waals surface area contributed by atoms with E-state index in [2.05, 4.69) is 6.07 Å². The summed E-state index contributed by atoms with van der Waals surface area (Å²) in [6, 6.07) is 8.11. The van der Waals surface area contributed by atoms with Gasteiger partial charge in [0.15, 0.2) is 0 Å². The fourth-order valence-electron chi connectivity index (χ4n) is 3.21. The number of hydrogen-bond donors (Lipinski definition) is 1. The average molecular weight is 303 g/mol. The van der Waals surface area contributed by atoms with Crippen molar-refractivity contribution in [2.24, 2.45) is 0 Å². The van der Waals surface area contributed by atoms with Crippen molar-refractivity contribution in [2.45, 2.75) is 57.2 Å². The van der Waals surface area contributed by atoms with Gasteiger partial charge in [-0.1, -0.05) is 30.7 Å². The fourth-order valence-corrected chi connectivity index (χ4v) is 3.21. The van der Waals surface area contributed by atoms with Crippen LogP contribution in [0.1, 0.15) is 57.1 Å². The maximum Gasteiger partial charge on any atom is 0.410 e. The largest absolute Gasteiger partial charge is 0.444 e. The number of carbonyl (C=O) groups is 1. The van der Waals surface area contributed by atoms with E-state index in [1.165, 1.54) is 24.8 Å². The molecule has 1 aromatic rings. The van der Waals surface area contributed by atoms with Gasteiger partial charge in [-0.25, -0.2) is 4.79 Å². The van der Waals surface area contributed by atoms with E-state index in [1.807, 2.05) is 39.0 Å². The van der Waals surface area contributed by atoms with E-state index in [9.17, 15) is 9.90 Å². The predicted molar refractivity (Wildman–Crippen MR) is 84.7 cm³/mol. The quantitative estimate of drug-likeness (QED) is 0.911. The maximum atomic E-state index is 12.0. The SMILES string of the molecule is CC(C)(C)OC(=O)N1CC(O)(c2ccccc2C2CCC2)C1. The van der Waals surface area contributed by atoms with Gasteiger partial charge in [-0.15, -0.1) is 0 Å². The van der Waals surface area contributed by atoms with Crippen LogP contribution in [0.25, 0.3) is 0 Å². The topological polar surface area (TPSA) is 49.8 Å². The van der Waals surface area contributed by atoms with Crippen molar-refractivity contribution in [3.63, 3.8) is 0 Å². The molecule has 3 rings (SSSR count). The van der Waals surface area contributed by atoms with Gasteiger partial charge in [0.25, 0.3) is 0 Å². The number of β-amino-alcohol motifs (C(OH)–C–C–N with tert-alkyl or cyclic N) is 1. The normalized spacial score (nSPS) is 21.0. The second-order valence-corrected chi connectivity index (χ2v) is 7.58. The zero-order valence-electron chi connectivity index (χ0n) is 13.6. The minimum Gasteiger partial charge on any atom is -0.444 e. The fraction of sp³-hybridized carbons (Fsp3) is 0.611. The Morgan fingerprint density at radius 1 is 1.27 bits per heavy atom. The van der Waals surface area contributed by atoms with Gasteiger partial charge < -0.3 is 14.7 Å². The van der Waals surface area contributed by atoms with Gasteiger partial charge in [0.1, 0.15) is 11.2 Å². The monoisotopic (exact) mass is 303 g/mol. The highest BCUT2D eigenvalue weighted by Gasteiger charge is 2.48. The van der Waals surface area contributed by atoms with Crippen LogP contribution >= 0.6 is 0 Å². The van der Waals surface area contributed by atoms with Crippen LogP contribution in [0.2, 0.25) is 0 Å². The lowest BCUT2D eigenvalue weighted by molar-refractivity contribution is -0.104. The van der Waals surface area contributed by atoms with Crippen LogP contribution in [0.3, 0.4) is 0 Å². The van der Waals surface area contributed by atoms with Crippen LogP contribution in [0.15, 0.2) is 24.3 Å². The molecule has 1 aliphatic heterocycles. The van der Waals surface area contributed by atoms with Crippen LogP contribution in [0.4, 0.5) is 4.79 Å². The van der Waals surface area contributed by atoms with E-state index in [0.29, 0.717) is 19.0 Å². The molecule has 0 bridgehead atoms. The molecule has 1 amide bonds. The zero-order chi connectivity index (χ0) is 16.0. The molecule has 1 heterocycles. The average Bonchev–Trinajstić information content (AvgIpc) is 2.31. The number of rotatable bonds is 2. The van der Waals surface area contributed by atoms with Gasteiger partial charge in [-0.3, -0.25) is 0 Å². The van der Waals surface area contributed by atoms with Crippen molar-refractivity contribution in [1.82, 2.24) is 4.90 Å². The first kappa shape index (κ1) is 15.3. The van der Waals surface area contributed by atoms with E-state index >= 15 is 0 Å². The molecule has 0 unspecified atom stereocenters. The van der Waals surface area contributed by atoms with E-state index in [0.717, 1.165) is 5.56 Å². The molecule has 0 aromatic heterocycles. The van der Waals surface area contributed by atoms with Gasteiger partial charge in [0, 0.05) is 0 Å². The third kappa shape index (κ3) is 2.84. The molecule has 0 atom stereocenters. The van der Waals surface area contributed by atoms with E-state index < -0.39 is 11.2 Å². The van der Waals surface area contributed by atoms with Crippen molar-refractivity contribution in [3.05, 3.63) is 35.4 Å². The molecule has 120 valence electrons. The minimum atomic E-state index is -0.927. The Labute approximate surface area is 132 Å². The second-order valence-electron chi connectivity index (χ2n) is 7.58. The highest BCUT2D eigenvalue weighted by Crippen LogP contribution is 2.43. The summed E-state index contributed by atoms with van der Waals surface area (Å²) >= 11 is 0. The van der Waals surface area contributed by atoms with Crippen LogP contribution in [-0.4, -0.2) is 34.8 Å². The standard InChI is InChI=1S/C18H25NO3/c1-17(2,3)22-16(20)19-11-18(21,12-19)15-10-5-4-9-14(15)13-7-6-8-13/h4-5,9-10,13,21H,6-8,11-12H2,1-3H3. The first-order chi connectivity index (χ1) is 10.3. The van der Waals surface area contributed by atoms with Crippen LogP contribution in [0.5, 0.6) is 0 Å². The Balaban J connectivity index is 1.71. The highest BCUT2D eigenvalue weighted by molar-refractivity contribution is 5.70. The summed E-state index contributed by atoms with van der Waals surface area (Å²) in [6.45, 7) is 6.17. The summed E-state index contributed by atoms with van der Waals surface area (Å²) in [5.74, 6) is 0.566. The van der Waals surface area contributed by atoms with Crippen molar-refractivity contribution in [2.75, 3.05) is 13.1 Å². The summed E-state index contributed by atoms with van der Waals surface area (Å²) < 4.78 is 5.36. The molecule has 4 heteroatoms. The van der Waals surface area contributed by atoms with Crippen LogP contribution < -0.4 is 0 Å². The number of hydrogen-bond acceptors (Lipinski definition) is 3. The summed E-state index contributed by atoms with van der Waals surface area (Å²) in [5, 5.41) is 10.9. The third-order valence-corrected chi connectivity index (χ3v) is 4.56. The number of benzene rings is 1. The summed E-state index contributed by atoms with van der Waals surface area (Å²) in [4.78, 5) is 13.6. The number of nitrogens with zero attached hydrogens (tertiary/aromatic N) is 1. The van der Waals surface area contributed by atoms with Crippen molar-refractivity contribution >= 4 is 6.09 Å². The summed E-state index contributed by atoms with van der Waals surface area (Å²) in [5.41, 5.74) is 0.803. The number of amides is 1. The second kappa shape index (κ2) is 5.27. The summed E-state index contributed by atoms with van der Waals surface area (Å²) in [7, 11) is 0. The van der Waals surface area contributed by atoms with E-state index in [-0.39, 0.29) is 6.09 Å². The first-order valence-electron chi connectivity index (χ1n) is 8.08. The molecular weight excluding hydrogens is 278 g/mol. The Hall–Kier alpha value is -1.55. The minimum absolute atomic E-state index is 0.311. The molecule has 0 radical (unpaired) electrons. The van der Waals surface area contributed by atoms with Gasteiger partial charge >= 0.3 is 6.09 Å².